The topological polar surface area (TPSA) is 98.6 Å². The normalized spacial score (nSPS) is 16.5. The molecule has 3 aromatic rings. The van der Waals surface area contributed by atoms with Crippen LogP contribution in [0, 0.1) is 5.92 Å². The van der Waals surface area contributed by atoms with Crippen molar-refractivity contribution in [1.82, 2.24) is 20.1 Å². The van der Waals surface area contributed by atoms with E-state index in [0.29, 0.717) is 22.2 Å². The summed E-state index contributed by atoms with van der Waals surface area (Å²) in [4.78, 5) is 31.1. The van der Waals surface area contributed by atoms with Crippen LogP contribution in [-0.4, -0.2) is 47.3 Å². The van der Waals surface area contributed by atoms with E-state index in [1.807, 2.05) is 31.2 Å². The van der Waals surface area contributed by atoms with E-state index in [9.17, 15) is 9.59 Å². The highest BCUT2D eigenvalue weighted by atomic mass is 35.5. The molecular weight excluding hydrogens is 446 g/mol. The molecule has 1 aliphatic rings. The molecule has 1 N–H and O–H groups in total. The summed E-state index contributed by atoms with van der Waals surface area (Å²) >= 11 is 6.26. The van der Waals surface area contributed by atoms with Gasteiger partial charge in [0, 0.05) is 19.0 Å². The summed E-state index contributed by atoms with van der Waals surface area (Å²) in [5.41, 5.74) is 2.33. The SMILES string of the molecule is COc1cc(OC)c(N2C[C@H](C(=O)N[C@@H](C)c3ccc(-n4cncn4)cc3)CC2=O)cc1Cl. The Labute approximate surface area is 196 Å². The summed E-state index contributed by atoms with van der Waals surface area (Å²) in [6.07, 6.45) is 3.20. The number of carbonyl (C=O) groups excluding carboxylic acids is 2. The number of nitrogens with zero attached hydrogens (tertiary/aromatic N) is 4. The summed E-state index contributed by atoms with van der Waals surface area (Å²) in [6, 6.07) is 10.7. The third-order valence-electron chi connectivity index (χ3n) is 5.68. The van der Waals surface area contributed by atoms with Crippen molar-refractivity contribution in [2.75, 3.05) is 25.7 Å². The highest BCUT2D eigenvalue weighted by Gasteiger charge is 2.37. The first-order valence-electron chi connectivity index (χ1n) is 10.4. The van der Waals surface area contributed by atoms with Gasteiger partial charge in [-0.05, 0) is 30.7 Å². The van der Waals surface area contributed by atoms with Gasteiger partial charge in [0.05, 0.1) is 42.6 Å². The number of rotatable bonds is 7. The number of ether oxygens (including phenoxy) is 2. The van der Waals surface area contributed by atoms with E-state index >= 15 is 0 Å². The van der Waals surface area contributed by atoms with Crippen LogP contribution in [0.1, 0.15) is 24.9 Å². The van der Waals surface area contributed by atoms with E-state index in [1.54, 1.807) is 23.1 Å². The molecule has 0 unspecified atom stereocenters. The quantitative estimate of drug-likeness (QED) is 0.570. The molecule has 0 spiro atoms. The van der Waals surface area contributed by atoms with Crippen LogP contribution in [0.3, 0.4) is 0 Å². The number of methoxy groups -OCH3 is 2. The Bertz CT molecular complexity index is 1150. The van der Waals surface area contributed by atoms with Gasteiger partial charge in [0.2, 0.25) is 11.8 Å². The molecule has 2 heterocycles. The van der Waals surface area contributed by atoms with Crippen molar-refractivity contribution >= 4 is 29.1 Å². The highest BCUT2D eigenvalue weighted by Crippen LogP contribution is 2.40. The molecule has 0 radical (unpaired) electrons. The van der Waals surface area contributed by atoms with Crippen LogP contribution in [0.2, 0.25) is 5.02 Å². The molecule has 9 nitrogen and oxygen atoms in total. The lowest BCUT2D eigenvalue weighted by Gasteiger charge is -2.21. The van der Waals surface area contributed by atoms with Crippen molar-refractivity contribution in [3.8, 4) is 17.2 Å². The van der Waals surface area contributed by atoms with Gasteiger partial charge in [-0.25, -0.2) is 9.67 Å². The first-order chi connectivity index (χ1) is 15.9. The van der Waals surface area contributed by atoms with Crippen LogP contribution in [0.25, 0.3) is 5.69 Å². The predicted molar refractivity (Wildman–Crippen MR) is 123 cm³/mol. The molecule has 2 amide bonds. The molecule has 2 atom stereocenters. The van der Waals surface area contributed by atoms with Gasteiger partial charge < -0.3 is 19.7 Å². The minimum Gasteiger partial charge on any atom is -0.495 e. The van der Waals surface area contributed by atoms with E-state index < -0.39 is 5.92 Å². The Morgan fingerprint density at radius 2 is 1.91 bits per heavy atom. The van der Waals surface area contributed by atoms with E-state index in [4.69, 9.17) is 21.1 Å². The smallest absolute Gasteiger partial charge is 0.227 e. The molecule has 1 fully saturated rings. The fourth-order valence-electron chi connectivity index (χ4n) is 3.84. The van der Waals surface area contributed by atoms with Crippen LogP contribution < -0.4 is 19.7 Å². The Morgan fingerprint density at radius 1 is 1.18 bits per heavy atom. The molecule has 2 aromatic carbocycles. The Balaban J connectivity index is 1.44. The van der Waals surface area contributed by atoms with Crippen LogP contribution in [-0.2, 0) is 9.59 Å². The van der Waals surface area contributed by atoms with Crippen molar-refractivity contribution < 1.29 is 19.1 Å². The maximum absolute atomic E-state index is 12.9. The lowest BCUT2D eigenvalue weighted by molar-refractivity contribution is -0.126. The van der Waals surface area contributed by atoms with Gasteiger partial charge in [-0.15, -0.1) is 0 Å². The summed E-state index contributed by atoms with van der Waals surface area (Å²) in [6.45, 7) is 2.14. The van der Waals surface area contributed by atoms with E-state index in [-0.39, 0.29) is 30.8 Å². The molecule has 10 heteroatoms. The van der Waals surface area contributed by atoms with Crippen molar-refractivity contribution in [2.45, 2.75) is 19.4 Å². The fourth-order valence-corrected chi connectivity index (χ4v) is 4.08. The summed E-state index contributed by atoms with van der Waals surface area (Å²) < 4.78 is 12.3. The van der Waals surface area contributed by atoms with E-state index in [1.165, 1.54) is 25.4 Å². The first-order valence-corrected chi connectivity index (χ1v) is 10.8. The fraction of sp³-hybridized carbons (Fsp3) is 0.304. The molecule has 1 saturated heterocycles. The summed E-state index contributed by atoms with van der Waals surface area (Å²) in [5.74, 6) is 0.0603. The standard InChI is InChI=1S/C23H24ClN5O4/c1-14(15-4-6-17(7-5-15)29-13-25-12-26-29)27-23(31)16-8-22(30)28(11-16)19-9-18(24)20(32-2)10-21(19)33-3/h4-7,9-10,12-14,16H,8,11H2,1-3H3,(H,27,31)/t14-,16+/m0/s1. The number of nitrogens with one attached hydrogen (secondary N) is 1. The monoisotopic (exact) mass is 469 g/mol. The van der Waals surface area contributed by atoms with Crippen LogP contribution in [0.5, 0.6) is 11.5 Å². The number of carbonyl (C=O) groups is 2. The second kappa shape index (κ2) is 9.50. The van der Waals surface area contributed by atoms with Gasteiger partial charge in [0.25, 0.3) is 0 Å². The number of amides is 2. The zero-order valence-corrected chi connectivity index (χ0v) is 19.2. The van der Waals surface area contributed by atoms with Gasteiger partial charge >= 0.3 is 0 Å². The largest absolute Gasteiger partial charge is 0.495 e. The zero-order chi connectivity index (χ0) is 23.5. The Kier molecular flexibility index (Phi) is 6.50. The van der Waals surface area contributed by atoms with E-state index in [0.717, 1.165) is 11.3 Å². The third-order valence-corrected chi connectivity index (χ3v) is 5.97. The number of benzene rings is 2. The lowest BCUT2D eigenvalue weighted by Crippen LogP contribution is -2.34. The first kappa shape index (κ1) is 22.6. The third kappa shape index (κ3) is 4.63. The van der Waals surface area contributed by atoms with Gasteiger partial charge in [-0.1, -0.05) is 23.7 Å². The molecule has 4 rings (SSSR count). The van der Waals surface area contributed by atoms with E-state index in [2.05, 4.69) is 15.4 Å². The van der Waals surface area contributed by atoms with Gasteiger partial charge in [-0.3, -0.25) is 9.59 Å². The maximum Gasteiger partial charge on any atom is 0.227 e. The zero-order valence-electron chi connectivity index (χ0n) is 18.5. The van der Waals surface area contributed by atoms with Crippen molar-refractivity contribution in [1.29, 1.82) is 0 Å². The van der Waals surface area contributed by atoms with Crippen molar-refractivity contribution in [3.05, 3.63) is 59.6 Å². The number of hydrogen-bond acceptors (Lipinski definition) is 6. The summed E-state index contributed by atoms with van der Waals surface area (Å²) in [5, 5.41) is 7.47. The van der Waals surface area contributed by atoms with Gasteiger partial charge in [0.1, 0.15) is 24.2 Å². The molecule has 0 bridgehead atoms. The van der Waals surface area contributed by atoms with Gasteiger partial charge in [0.15, 0.2) is 0 Å². The number of hydrogen-bond donors (Lipinski definition) is 1. The maximum atomic E-state index is 12.9. The molecule has 172 valence electrons. The molecule has 0 aliphatic carbocycles. The van der Waals surface area contributed by atoms with Gasteiger partial charge in [-0.2, -0.15) is 5.10 Å². The van der Waals surface area contributed by atoms with Crippen LogP contribution >= 0.6 is 11.6 Å². The molecular formula is C23H24ClN5O4. The second-order valence-corrected chi connectivity index (χ2v) is 8.13. The molecule has 1 aromatic heterocycles. The van der Waals surface area contributed by atoms with Crippen LogP contribution in [0.4, 0.5) is 5.69 Å². The molecule has 0 saturated carbocycles. The number of anilines is 1. The molecule has 33 heavy (non-hydrogen) atoms. The van der Waals surface area contributed by atoms with Crippen LogP contribution in [0.15, 0.2) is 49.1 Å². The molecule has 1 aliphatic heterocycles. The predicted octanol–water partition coefficient (Wildman–Crippen LogP) is 3.17. The minimum atomic E-state index is -0.486. The lowest BCUT2D eigenvalue weighted by atomic mass is 10.0. The van der Waals surface area contributed by atoms with Crippen molar-refractivity contribution in [3.63, 3.8) is 0 Å². The Hall–Kier alpha value is -3.59. The van der Waals surface area contributed by atoms with Crippen molar-refractivity contribution in [2.24, 2.45) is 5.92 Å². The minimum absolute atomic E-state index is 0.108. The summed E-state index contributed by atoms with van der Waals surface area (Å²) in [7, 11) is 3.01. The highest BCUT2D eigenvalue weighted by molar-refractivity contribution is 6.32. The second-order valence-electron chi connectivity index (χ2n) is 7.73. The number of halogens is 1. The Morgan fingerprint density at radius 3 is 2.55 bits per heavy atom. The number of aromatic nitrogens is 3. The average Bonchev–Trinajstić information content (AvgIpc) is 3.49. The average molecular weight is 470 g/mol.